The van der Waals surface area contributed by atoms with Crippen molar-refractivity contribution in [2.45, 2.75) is 50.0 Å². The summed E-state index contributed by atoms with van der Waals surface area (Å²) in [6.45, 7) is 2.09. The largest absolute Gasteiger partial charge is 0.329 e. The maximum absolute atomic E-state index is 12.5. The second kappa shape index (κ2) is 7.58. The molecular weight excluding hydrogens is 312 g/mol. The lowest BCUT2D eigenvalue weighted by Crippen LogP contribution is -2.45. The molecule has 1 atom stereocenters. The van der Waals surface area contributed by atoms with Gasteiger partial charge >= 0.3 is 0 Å². The maximum Gasteiger partial charge on any atom is 0.244 e. The fourth-order valence-corrected chi connectivity index (χ4v) is 4.40. The van der Waals surface area contributed by atoms with Crippen molar-refractivity contribution in [3.63, 3.8) is 0 Å². The van der Waals surface area contributed by atoms with Gasteiger partial charge in [-0.1, -0.05) is 19.3 Å². The van der Waals surface area contributed by atoms with Crippen LogP contribution in [0.4, 0.5) is 0 Å². The molecule has 1 fully saturated rings. The van der Waals surface area contributed by atoms with Crippen LogP contribution < -0.4 is 10.5 Å². The van der Waals surface area contributed by atoms with Gasteiger partial charge in [-0.2, -0.15) is 5.10 Å². The predicted octanol–water partition coefficient (Wildman–Crippen LogP) is 1.34. The fraction of sp³-hybridized carbons (Fsp3) is 0.769. The highest BCUT2D eigenvalue weighted by Crippen LogP contribution is 2.27. The van der Waals surface area contributed by atoms with Crippen LogP contribution in [0.2, 0.25) is 0 Å². The molecule has 8 heteroatoms. The summed E-state index contributed by atoms with van der Waals surface area (Å²) in [7, 11) is -1.81. The summed E-state index contributed by atoms with van der Waals surface area (Å²) in [5.41, 5.74) is 6.42. The highest BCUT2D eigenvalue weighted by Gasteiger charge is 2.29. The van der Waals surface area contributed by atoms with Crippen molar-refractivity contribution in [3.8, 4) is 0 Å². The molecule has 1 saturated carbocycles. The normalized spacial score (nSPS) is 18.2. The second-order valence-corrected chi connectivity index (χ2v) is 7.26. The van der Waals surface area contributed by atoms with Crippen molar-refractivity contribution in [1.82, 2.24) is 14.5 Å². The van der Waals surface area contributed by atoms with Gasteiger partial charge in [-0.15, -0.1) is 12.4 Å². The van der Waals surface area contributed by atoms with Crippen LogP contribution in [-0.2, 0) is 17.1 Å². The molecule has 0 aromatic carbocycles. The Kier molecular flexibility index (Phi) is 6.65. The van der Waals surface area contributed by atoms with Crippen LogP contribution in [-0.4, -0.2) is 30.8 Å². The third-order valence-corrected chi connectivity index (χ3v) is 5.85. The Morgan fingerprint density at radius 2 is 2.05 bits per heavy atom. The van der Waals surface area contributed by atoms with Gasteiger partial charge in [0.05, 0.1) is 11.9 Å². The van der Waals surface area contributed by atoms with Crippen LogP contribution in [0.3, 0.4) is 0 Å². The third-order valence-electron chi connectivity index (χ3n) is 4.26. The Bertz CT molecular complexity index is 553. The Morgan fingerprint density at radius 1 is 1.43 bits per heavy atom. The van der Waals surface area contributed by atoms with Crippen molar-refractivity contribution in [2.24, 2.45) is 18.7 Å². The molecule has 0 radical (unpaired) electrons. The highest BCUT2D eigenvalue weighted by molar-refractivity contribution is 7.89. The van der Waals surface area contributed by atoms with Gasteiger partial charge in [0.1, 0.15) is 4.90 Å². The SMILES string of the molecule is Cc1c(S(=O)(=O)NC(CN)C2CCCCC2)cnn1C.Cl. The smallest absolute Gasteiger partial charge is 0.244 e. The quantitative estimate of drug-likeness (QED) is 0.849. The Balaban J connectivity index is 0.00000220. The van der Waals surface area contributed by atoms with Gasteiger partial charge in [0.2, 0.25) is 10.0 Å². The summed E-state index contributed by atoms with van der Waals surface area (Å²) >= 11 is 0. The average Bonchev–Trinajstić information content (AvgIpc) is 2.78. The number of nitrogens with zero attached hydrogens (tertiary/aromatic N) is 2. The molecule has 6 nitrogen and oxygen atoms in total. The van der Waals surface area contributed by atoms with Crippen LogP contribution >= 0.6 is 12.4 Å². The number of hydrogen-bond acceptors (Lipinski definition) is 4. The Morgan fingerprint density at radius 3 is 2.52 bits per heavy atom. The minimum atomic E-state index is -3.54. The van der Waals surface area contributed by atoms with Gasteiger partial charge in [0.15, 0.2) is 0 Å². The molecule has 1 aliphatic carbocycles. The number of nitrogens with one attached hydrogen (secondary N) is 1. The molecular formula is C13H25ClN4O2S. The summed E-state index contributed by atoms with van der Waals surface area (Å²) in [4.78, 5) is 0.245. The number of rotatable bonds is 5. The van der Waals surface area contributed by atoms with Crippen molar-refractivity contribution in [3.05, 3.63) is 11.9 Å². The summed E-state index contributed by atoms with van der Waals surface area (Å²) in [5.74, 6) is 0.348. The van der Waals surface area contributed by atoms with Crippen molar-refractivity contribution in [2.75, 3.05) is 6.54 Å². The summed E-state index contributed by atoms with van der Waals surface area (Å²) in [5, 5.41) is 3.99. The van der Waals surface area contributed by atoms with E-state index in [2.05, 4.69) is 9.82 Å². The molecule has 1 aromatic rings. The molecule has 0 amide bonds. The zero-order valence-electron chi connectivity index (χ0n) is 12.6. The number of sulfonamides is 1. The topological polar surface area (TPSA) is 90.0 Å². The zero-order valence-corrected chi connectivity index (χ0v) is 14.2. The van der Waals surface area contributed by atoms with Crippen LogP contribution in [0.1, 0.15) is 37.8 Å². The molecule has 1 aromatic heterocycles. The molecule has 0 aliphatic heterocycles. The molecule has 0 spiro atoms. The van der Waals surface area contributed by atoms with Crippen molar-refractivity contribution in [1.29, 1.82) is 0 Å². The van der Waals surface area contributed by atoms with Gasteiger partial charge in [-0.25, -0.2) is 13.1 Å². The number of nitrogens with two attached hydrogens (primary N) is 1. The van der Waals surface area contributed by atoms with Gasteiger partial charge < -0.3 is 5.73 Å². The minimum absolute atomic E-state index is 0. The molecule has 1 unspecified atom stereocenters. The standard InChI is InChI=1S/C13H24N4O2S.ClH/c1-10-13(9-15-17(10)2)20(18,19)16-12(8-14)11-6-4-3-5-7-11;/h9,11-12,16H,3-8,14H2,1-2H3;1H. The highest BCUT2D eigenvalue weighted by atomic mass is 35.5. The van der Waals surface area contributed by atoms with E-state index in [1.165, 1.54) is 12.6 Å². The number of halogens is 1. The summed E-state index contributed by atoms with van der Waals surface area (Å²) in [6.07, 6.45) is 7.06. The Hall–Kier alpha value is -0.630. The molecule has 2 rings (SSSR count). The van der Waals surface area contributed by atoms with E-state index in [9.17, 15) is 8.42 Å². The monoisotopic (exact) mass is 336 g/mol. The lowest BCUT2D eigenvalue weighted by molar-refractivity contribution is 0.294. The van der Waals surface area contributed by atoms with Gasteiger partial charge in [-0.05, 0) is 25.7 Å². The molecule has 1 heterocycles. The van der Waals surface area contributed by atoms with Crippen LogP contribution in [0.5, 0.6) is 0 Å². The van der Waals surface area contributed by atoms with Gasteiger partial charge in [-0.3, -0.25) is 4.68 Å². The first-order chi connectivity index (χ1) is 9.45. The molecule has 3 N–H and O–H groups in total. The lowest BCUT2D eigenvalue weighted by Gasteiger charge is -2.29. The van der Waals surface area contributed by atoms with E-state index in [-0.39, 0.29) is 23.3 Å². The lowest BCUT2D eigenvalue weighted by atomic mass is 9.84. The van der Waals surface area contributed by atoms with E-state index >= 15 is 0 Å². The fourth-order valence-electron chi connectivity index (χ4n) is 2.88. The third kappa shape index (κ3) is 4.18. The van der Waals surface area contributed by atoms with Crippen molar-refractivity contribution < 1.29 is 8.42 Å². The van der Waals surface area contributed by atoms with E-state index in [0.29, 0.717) is 18.2 Å². The molecule has 122 valence electrons. The van der Waals surface area contributed by atoms with Crippen LogP contribution in [0, 0.1) is 12.8 Å². The van der Waals surface area contributed by atoms with Crippen LogP contribution in [0.25, 0.3) is 0 Å². The Labute approximate surface area is 132 Å². The summed E-state index contributed by atoms with van der Waals surface area (Å²) in [6, 6.07) is -0.181. The van der Waals surface area contributed by atoms with E-state index in [1.54, 1.807) is 18.7 Å². The van der Waals surface area contributed by atoms with Gasteiger partial charge in [0, 0.05) is 19.6 Å². The minimum Gasteiger partial charge on any atom is -0.329 e. The molecule has 0 saturated heterocycles. The first-order valence-corrected chi connectivity index (χ1v) is 8.65. The van der Waals surface area contributed by atoms with E-state index in [0.717, 1.165) is 25.7 Å². The average molecular weight is 337 g/mol. The maximum atomic E-state index is 12.5. The molecule has 0 bridgehead atoms. The number of aromatic nitrogens is 2. The number of aryl methyl sites for hydroxylation is 1. The first kappa shape index (κ1) is 18.4. The molecule has 21 heavy (non-hydrogen) atoms. The van der Waals surface area contributed by atoms with Gasteiger partial charge in [0.25, 0.3) is 0 Å². The van der Waals surface area contributed by atoms with Crippen molar-refractivity contribution >= 4 is 22.4 Å². The van der Waals surface area contributed by atoms with Crippen LogP contribution in [0.15, 0.2) is 11.1 Å². The number of hydrogen-bond donors (Lipinski definition) is 2. The van der Waals surface area contributed by atoms with E-state index in [4.69, 9.17) is 5.73 Å². The summed E-state index contributed by atoms with van der Waals surface area (Å²) < 4.78 is 29.3. The molecule has 1 aliphatic rings. The van der Waals surface area contributed by atoms with E-state index < -0.39 is 10.0 Å². The zero-order chi connectivity index (χ0) is 14.8. The van der Waals surface area contributed by atoms with E-state index in [1.807, 2.05) is 0 Å². The predicted molar refractivity (Wildman–Crippen MR) is 84.9 cm³/mol. The first-order valence-electron chi connectivity index (χ1n) is 7.16. The second-order valence-electron chi connectivity index (χ2n) is 5.58.